The Morgan fingerprint density at radius 3 is 2.95 bits per heavy atom. The molecule has 1 saturated heterocycles. The van der Waals surface area contributed by atoms with Gasteiger partial charge in [0.15, 0.2) is 0 Å². The van der Waals surface area contributed by atoms with Crippen molar-refractivity contribution in [3.8, 4) is 6.07 Å². The van der Waals surface area contributed by atoms with Crippen molar-refractivity contribution < 1.29 is 10.0 Å². The van der Waals surface area contributed by atoms with Gasteiger partial charge in [-0.05, 0) is 37.8 Å². The first-order chi connectivity index (χ1) is 9.69. The number of aliphatic hydroxyl groups is 1. The summed E-state index contributed by atoms with van der Waals surface area (Å²) in [6.07, 6.45) is 3.53. The highest BCUT2D eigenvalue weighted by molar-refractivity contribution is 5.70. The Balaban J connectivity index is 2.45. The van der Waals surface area contributed by atoms with E-state index in [1.807, 2.05) is 11.0 Å². The van der Waals surface area contributed by atoms with E-state index in [1.54, 1.807) is 12.1 Å². The molecule has 1 unspecified atom stereocenters. The summed E-state index contributed by atoms with van der Waals surface area (Å²) in [5, 5.41) is 29.5. The number of nitriles is 1. The molecule has 2 rings (SSSR count). The molecule has 6 nitrogen and oxygen atoms in total. The molecular weight excluding hydrogens is 258 g/mol. The first-order valence-corrected chi connectivity index (χ1v) is 6.74. The van der Waals surface area contributed by atoms with Crippen LogP contribution in [-0.4, -0.2) is 29.2 Å². The van der Waals surface area contributed by atoms with Crippen LogP contribution in [0.1, 0.15) is 31.2 Å². The summed E-state index contributed by atoms with van der Waals surface area (Å²) in [6.45, 7) is 0.785. The summed E-state index contributed by atoms with van der Waals surface area (Å²) in [5.41, 5.74) is 0.452. The van der Waals surface area contributed by atoms with Gasteiger partial charge in [-0.25, -0.2) is 0 Å². The van der Waals surface area contributed by atoms with Crippen molar-refractivity contribution in [2.45, 2.75) is 31.7 Å². The molecule has 0 aromatic heterocycles. The summed E-state index contributed by atoms with van der Waals surface area (Å²) in [7, 11) is 0. The summed E-state index contributed by atoms with van der Waals surface area (Å²) in [5.74, 6) is 0. The van der Waals surface area contributed by atoms with Gasteiger partial charge < -0.3 is 10.0 Å². The minimum Gasteiger partial charge on any atom is -0.396 e. The minimum atomic E-state index is -0.488. The zero-order chi connectivity index (χ0) is 14.5. The van der Waals surface area contributed by atoms with Crippen LogP contribution in [-0.2, 0) is 0 Å². The highest BCUT2D eigenvalue weighted by Crippen LogP contribution is 2.35. The number of nitro benzene ring substituents is 1. The normalized spacial score (nSPS) is 18.6. The summed E-state index contributed by atoms with van der Waals surface area (Å²) < 4.78 is 0. The fraction of sp³-hybridized carbons (Fsp3) is 0.500. The standard InChI is InChI=1S/C14H17N3O3/c15-10-11-4-3-6-13(14(11)17(19)20)16-8-2-1-5-12(16)7-9-18/h3-4,6,12,18H,1-2,5,7-9H2. The molecule has 20 heavy (non-hydrogen) atoms. The number of hydrogen-bond acceptors (Lipinski definition) is 5. The molecule has 1 N–H and O–H groups in total. The van der Waals surface area contributed by atoms with Gasteiger partial charge in [-0.3, -0.25) is 10.1 Å². The molecule has 0 amide bonds. The van der Waals surface area contributed by atoms with Crippen LogP contribution in [0.4, 0.5) is 11.4 Å². The number of hydrogen-bond donors (Lipinski definition) is 1. The second-order valence-corrected chi connectivity index (χ2v) is 4.90. The van der Waals surface area contributed by atoms with Crippen LogP contribution in [0.25, 0.3) is 0 Å². The summed E-state index contributed by atoms with van der Waals surface area (Å²) in [6, 6.07) is 6.81. The lowest BCUT2D eigenvalue weighted by molar-refractivity contribution is -0.384. The zero-order valence-electron chi connectivity index (χ0n) is 11.2. The van der Waals surface area contributed by atoms with Gasteiger partial charge in [0.2, 0.25) is 0 Å². The second-order valence-electron chi connectivity index (χ2n) is 4.90. The number of para-hydroxylation sites is 1. The molecule has 1 aromatic carbocycles. The Morgan fingerprint density at radius 1 is 1.50 bits per heavy atom. The van der Waals surface area contributed by atoms with Crippen molar-refractivity contribution in [3.63, 3.8) is 0 Å². The van der Waals surface area contributed by atoms with Crippen molar-refractivity contribution in [3.05, 3.63) is 33.9 Å². The van der Waals surface area contributed by atoms with E-state index < -0.39 is 4.92 Å². The van der Waals surface area contributed by atoms with Crippen molar-refractivity contribution in [2.24, 2.45) is 0 Å². The highest BCUT2D eigenvalue weighted by Gasteiger charge is 2.29. The maximum atomic E-state index is 11.3. The average Bonchev–Trinajstić information content (AvgIpc) is 2.47. The van der Waals surface area contributed by atoms with Crippen LogP contribution in [0.15, 0.2) is 18.2 Å². The van der Waals surface area contributed by atoms with Crippen molar-refractivity contribution in [1.29, 1.82) is 5.26 Å². The maximum absolute atomic E-state index is 11.3. The van der Waals surface area contributed by atoms with Crippen LogP contribution in [0.5, 0.6) is 0 Å². The Morgan fingerprint density at radius 2 is 2.30 bits per heavy atom. The fourth-order valence-corrected chi connectivity index (χ4v) is 2.81. The third kappa shape index (κ3) is 2.73. The van der Waals surface area contributed by atoms with E-state index in [0.717, 1.165) is 25.8 Å². The molecule has 1 aliphatic rings. The van der Waals surface area contributed by atoms with Gasteiger partial charge in [0.25, 0.3) is 0 Å². The lowest BCUT2D eigenvalue weighted by Crippen LogP contribution is -2.40. The van der Waals surface area contributed by atoms with Gasteiger partial charge in [0.05, 0.1) is 4.92 Å². The largest absolute Gasteiger partial charge is 0.396 e. The predicted octanol–water partition coefficient (Wildman–Crippen LogP) is 2.21. The number of nitrogens with zero attached hydrogens (tertiary/aromatic N) is 3. The minimum absolute atomic E-state index is 0.0624. The smallest absolute Gasteiger partial charge is 0.310 e. The highest BCUT2D eigenvalue weighted by atomic mass is 16.6. The Hall–Kier alpha value is -2.13. The Labute approximate surface area is 117 Å². The summed E-state index contributed by atoms with van der Waals surface area (Å²) in [4.78, 5) is 12.8. The molecule has 6 heteroatoms. The number of benzene rings is 1. The number of nitro groups is 1. The quantitative estimate of drug-likeness (QED) is 0.672. The lowest BCUT2D eigenvalue weighted by Gasteiger charge is -2.37. The first kappa shape index (κ1) is 14.3. The van der Waals surface area contributed by atoms with Crippen molar-refractivity contribution in [2.75, 3.05) is 18.1 Å². The van der Waals surface area contributed by atoms with E-state index in [2.05, 4.69) is 0 Å². The van der Waals surface area contributed by atoms with Gasteiger partial charge in [-0.2, -0.15) is 5.26 Å². The molecule has 1 aliphatic heterocycles. The van der Waals surface area contributed by atoms with Crippen molar-refractivity contribution >= 4 is 11.4 Å². The van der Waals surface area contributed by atoms with Crippen LogP contribution in [0, 0.1) is 21.4 Å². The van der Waals surface area contributed by atoms with Crippen LogP contribution in [0.3, 0.4) is 0 Å². The van der Waals surface area contributed by atoms with Crippen LogP contribution >= 0.6 is 0 Å². The molecule has 0 bridgehead atoms. The van der Waals surface area contributed by atoms with E-state index in [0.29, 0.717) is 12.1 Å². The van der Waals surface area contributed by atoms with Gasteiger partial charge in [0, 0.05) is 19.2 Å². The lowest BCUT2D eigenvalue weighted by atomic mass is 9.98. The molecule has 1 heterocycles. The second kappa shape index (κ2) is 6.35. The topological polar surface area (TPSA) is 90.4 Å². The van der Waals surface area contributed by atoms with Gasteiger partial charge in [0.1, 0.15) is 17.3 Å². The Kier molecular flexibility index (Phi) is 4.53. The molecule has 1 fully saturated rings. The van der Waals surface area contributed by atoms with E-state index in [4.69, 9.17) is 10.4 Å². The maximum Gasteiger partial charge on any atom is 0.310 e. The zero-order valence-corrected chi connectivity index (χ0v) is 11.2. The van der Waals surface area contributed by atoms with E-state index in [-0.39, 0.29) is 23.9 Å². The molecule has 1 atom stereocenters. The number of aliphatic hydroxyl groups excluding tert-OH is 1. The predicted molar refractivity (Wildman–Crippen MR) is 74.5 cm³/mol. The molecule has 106 valence electrons. The molecule has 0 spiro atoms. The Bertz CT molecular complexity index is 537. The average molecular weight is 275 g/mol. The first-order valence-electron chi connectivity index (χ1n) is 6.74. The van der Waals surface area contributed by atoms with Crippen molar-refractivity contribution in [1.82, 2.24) is 0 Å². The molecule has 0 saturated carbocycles. The SMILES string of the molecule is N#Cc1cccc(N2CCCCC2CCO)c1[N+](=O)[O-]. The third-order valence-electron chi connectivity index (χ3n) is 3.72. The summed E-state index contributed by atoms with van der Waals surface area (Å²) >= 11 is 0. The fourth-order valence-electron chi connectivity index (χ4n) is 2.81. The van der Waals surface area contributed by atoms with Gasteiger partial charge in [-0.1, -0.05) is 6.07 Å². The molecule has 0 aliphatic carbocycles. The van der Waals surface area contributed by atoms with Gasteiger partial charge in [-0.15, -0.1) is 0 Å². The van der Waals surface area contributed by atoms with Crippen LogP contribution in [0.2, 0.25) is 0 Å². The van der Waals surface area contributed by atoms with E-state index in [9.17, 15) is 10.1 Å². The number of anilines is 1. The van der Waals surface area contributed by atoms with E-state index >= 15 is 0 Å². The number of rotatable bonds is 4. The monoisotopic (exact) mass is 275 g/mol. The van der Waals surface area contributed by atoms with Crippen LogP contribution < -0.4 is 4.90 Å². The van der Waals surface area contributed by atoms with E-state index in [1.165, 1.54) is 6.07 Å². The molecular formula is C14H17N3O3. The molecule has 0 radical (unpaired) electrons. The van der Waals surface area contributed by atoms with Gasteiger partial charge >= 0.3 is 5.69 Å². The molecule has 1 aromatic rings. The third-order valence-corrected chi connectivity index (χ3v) is 3.72. The number of piperidine rings is 1.